The van der Waals surface area contributed by atoms with Crippen molar-refractivity contribution in [2.75, 3.05) is 18.5 Å². The van der Waals surface area contributed by atoms with Gasteiger partial charge in [0.2, 0.25) is 5.95 Å². The monoisotopic (exact) mass is 279 g/mol. The summed E-state index contributed by atoms with van der Waals surface area (Å²) in [6, 6.07) is 0. The quantitative estimate of drug-likeness (QED) is 0.755. The third-order valence-corrected chi connectivity index (χ3v) is 3.37. The Bertz CT molecular complexity index is 540. The fourth-order valence-corrected chi connectivity index (χ4v) is 1.83. The number of esters is 1. The van der Waals surface area contributed by atoms with E-state index in [1.807, 2.05) is 0 Å². The van der Waals surface area contributed by atoms with Gasteiger partial charge in [-0.15, -0.1) is 0 Å². The number of carboxylic acids is 1. The van der Waals surface area contributed by atoms with E-state index in [9.17, 15) is 9.59 Å². The van der Waals surface area contributed by atoms with Crippen molar-refractivity contribution in [2.45, 2.75) is 26.7 Å². The van der Waals surface area contributed by atoms with Crippen molar-refractivity contribution in [2.24, 2.45) is 5.41 Å². The number of hydrogen-bond acceptors (Lipinski definition) is 6. The van der Waals surface area contributed by atoms with Gasteiger partial charge in [0.05, 0.1) is 23.3 Å². The molecule has 20 heavy (non-hydrogen) atoms. The van der Waals surface area contributed by atoms with Gasteiger partial charge in [0.1, 0.15) is 0 Å². The lowest BCUT2D eigenvalue weighted by Gasteiger charge is -2.12. The van der Waals surface area contributed by atoms with Crippen LogP contribution in [0.15, 0.2) is 6.20 Å². The van der Waals surface area contributed by atoms with Crippen molar-refractivity contribution in [1.82, 2.24) is 9.97 Å². The number of nitrogens with zero attached hydrogens (tertiary/aromatic N) is 2. The highest BCUT2D eigenvalue weighted by molar-refractivity contribution is 5.90. The first kappa shape index (κ1) is 14.2. The average Bonchev–Trinajstić information content (AvgIpc) is 3.18. The fraction of sp³-hybridized carbons (Fsp3) is 0.538. The van der Waals surface area contributed by atoms with Gasteiger partial charge in [0.15, 0.2) is 0 Å². The van der Waals surface area contributed by atoms with Crippen molar-refractivity contribution in [3.8, 4) is 0 Å². The number of aliphatic carboxylic acids is 1. The van der Waals surface area contributed by atoms with Crippen molar-refractivity contribution in [1.29, 1.82) is 0 Å². The SMILES string of the molecule is CCOC(=O)c1cnc(NCC2(C(=O)O)CC2)nc1C. The Morgan fingerprint density at radius 2 is 2.20 bits per heavy atom. The van der Waals surface area contributed by atoms with Crippen LogP contribution in [0.1, 0.15) is 35.8 Å². The molecular weight excluding hydrogens is 262 g/mol. The number of nitrogens with one attached hydrogen (secondary N) is 1. The number of hydrogen-bond donors (Lipinski definition) is 2. The first-order chi connectivity index (χ1) is 9.48. The van der Waals surface area contributed by atoms with Crippen LogP contribution in [-0.2, 0) is 9.53 Å². The minimum absolute atomic E-state index is 0.291. The van der Waals surface area contributed by atoms with Crippen molar-refractivity contribution in [3.63, 3.8) is 0 Å². The molecule has 0 amide bonds. The lowest BCUT2D eigenvalue weighted by molar-refractivity contribution is -0.142. The third kappa shape index (κ3) is 2.87. The van der Waals surface area contributed by atoms with Crippen LogP contribution >= 0.6 is 0 Å². The van der Waals surface area contributed by atoms with E-state index in [-0.39, 0.29) is 0 Å². The van der Waals surface area contributed by atoms with Crippen LogP contribution < -0.4 is 5.32 Å². The Kier molecular flexibility index (Phi) is 3.87. The highest BCUT2D eigenvalue weighted by Crippen LogP contribution is 2.45. The molecule has 0 spiro atoms. The number of aromatic nitrogens is 2. The molecule has 1 aromatic heterocycles. The van der Waals surface area contributed by atoms with Gasteiger partial charge in [-0.1, -0.05) is 0 Å². The summed E-state index contributed by atoms with van der Waals surface area (Å²) in [4.78, 5) is 30.8. The zero-order valence-corrected chi connectivity index (χ0v) is 11.5. The maximum Gasteiger partial charge on any atom is 0.341 e. The van der Waals surface area contributed by atoms with Crippen LogP contribution in [0.3, 0.4) is 0 Å². The molecule has 1 aliphatic carbocycles. The summed E-state index contributed by atoms with van der Waals surface area (Å²) in [5.74, 6) is -0.936. The Balaban J connectivity index is 2.02. The zero-order chi connectivity index (χ0) is 14.8. The Hall–Kier alpha value is -2.18. The van der Waals surface area contributed by atoms with Gasteiger partial charge in [-0.05, 0) is 26.7 Å². The lowest BCUT2D eigenvalue weighted by Crippen LogP contribution is -2.25. The van der Waals surface area contributed by atoms with E-state index >= 15 is 0 Å². The predicted molar refractivity (Wildman–Crippen MR) is 70.5 cm³/mol. The second kappa shape index (κ2) is 5.44. The van der Waals surface area contributed by atoms with Gasteiger partial charge in [-0.2, -0.15) is 0 Å². The Morgan fingerprint density at radius 1 is 1.50 bits per heavy atom. The molecule has 0 atom stereocenters. The van der Waals surface area contributed by atoms with Crippen LogP contribution in [0.25, 0.3) is 0 Å². The van der Waals surface area contributed by atoms with E-state index in [1.54, 1.807) is 13.8 Å². The van der Waals surface area contributed by atoms with E-state index in [4.69, 9.17) is 9.84 Å². The minimum Gasteiger partial charge on any atom is -0.481 e. The molecule has 1 saturated carbocycles. The molecule has 1 aliphatic rings. The molecule has 7 nitrogen and oxygen atoms in total. The van der Waals surface area contributed by atoms with Crippen LogP contribution in [0.5, 0.6) is 0 Å². The first-order valence-electron chi connectivity index (χ1n) is 6.46. The van der Waals surface area contributed by atoms with Crippen LogP contribution in [-0.4, -0.2) is 40.2 Å². The van der Waals surface area contributed by atoms with Crippen molar-refractivity contribution < 1.29 is 19.4 Å². The van der Waals surface area contributed by atoms with Gasteiger partial charge in [0.25, 0.3) is 0 Å². The summed E-state index contributed by atoms with van der Waals surface area (Å²) < 4.78 is 4.89. The maximum atomic E-state index is 11.6. The molecule has 0 aliphatic heterocycles. The van der Waals surface area contributed by atoms with E-state index < -0.39 is 17.4 Å². The topological polar surface area (TPSA) is 101 Å². The molecule has 0 saturated heterocycles. The fourth-order valence-electron chi connectivity index (χ4n) is 1.83. The Morgan fingerprint density at radius 3 is 2.70 bits per heavy atom. The minimum atomic E-state index is -0.801. The van der Waals surface area contributed by atoms with E-state index in [0.717, 1.165) is 0 Å². The summed E-state index contributed by atoms with van der Waals surface area (Å²) in [5.41, 5.74) is 0.134. The van der Waals surface area contributed by atoms with E-state index in [0.29, 0.717) is 43.2 Å². The van der Waals surface area contributed by atoms with Crippen LogP contribution in [0.4, 0.5) is 5.95 Å². The summed E-state index contributed by atoms with van der Waals surface area (Å²) in [6.45, 7) is 3.99. The normalized spacial score (nSPS) is 15.5. The Labute approximate surface area is 116 Å². The third-order valence-electron chi connectivity index (χ3n) is 3.37. The molecule has 108 valence electrons. The van der Waals surface area contributed by atoms with E-state index in [2.05, 4.69) is 15.3 Å². The molecule has 0 aromatic carbocycles. The molecule has 0 unspecified atom stereocenters. The largest absolute Gasteiger partial charge is 0.481 e. The van der Waals surface area contributed by atoms with Gasteiger partial charge >= 0.3 is 11.9 Å². The average molecular weight is 279 g/mol. The summed E-state index contributed by atoms with van der Waals surface area (Å²) >= 11 is 0. The number of carbonyl (C=O) groups is 2. The highest BCUT2D eigenvalue weighted by atomic mass is 16.5. The number of aryl methyl sites for hydroxylation is 1. The van der Waals surface area contributed by atoms with Gasteiger partial charge in [-0.25, -0.2) is 14.8 Å². The first-order valence-corrected chi connectivity index (χ1v) is 6.46. The second-order valence-corrected chi connectivity index (χ2v) is 4.85. The molecule has 1 fully saturated rings. The standard InChI is InChI=1S/C13H17N3O4/c1-3-20-10(17)9-6-14-12(16-8(9)2)15-7-13(4-5-13)11(18)19/h6H,3-5,7H2,1-2H3,(H,18,19)(H,14,15,16). The van der Waals surface area contributed by atoms with Crippen LogP contribution in [0.2, 0.25) is 0 Å². The number of carboxylic acid groups (broad SMARTS) is 1. The number of carbonyl (C=O) groups excluding carboxylic acids is 1. The van der Waals surface area contributed by atoms with Crippen molar-refractivity contribution >= 4 is 17.9 Å². The number of ether oxygens (including phenoxy) is 1. The highest BCUT2D eigenvalue weighted by Gasteiger charge is 2.50. The molecular formula is C13H17N3O4. The zero-order valence-electron chi connectivity index (χ0n) is 11.5. The molecule has 7 heteroatoms. The molecule has 1 heterocycles. The maximum absolute atomic E-state index is 11.6. The molecule has 0 bridgehead atoms. The number of anilines is 1. The molecule has 2 rings (SSSR count). The summed E-state index contributed by atoms with van der Waals surface area (Å²) in [6.07, 6.45) is 2.72. The smallest absolute Gasteiger partial charge is 0.341 e. The molecule has 2 N–H and O–H groups in total. The predicted octanol–water partition coefficient (Wildman–Crippen LogP) is 1.24. The van der Waals surface area contributed by atoms with E-state index in [1.165, 1.54) is 6.20 Å². The van der Waals surface area contributed by atoms with Gasteiger partial charge < -0.3 is 15.2 Å². The summed E-state index contributed by atoms with van der Waals surface area (Å²) in [5, 5.41) is 12.0. The molecule has 0 radical (unpaired) electrons. The second-order valence-electron chi connectivity index (χ2n) is 4.85. The van der Waals surface area contributed by atoms with Gasteiger partial charge in [0, 0.05) is 12.7 Å². The van der Waals surface area contributed by atoms with Crippen molar-refractivity contribution in [3.05, 3.63) is 17.5 Å². The number of rotatable bonds is 6. The van der Waals surface area contributed by atoms with Crippen LogP contribution in [0, 0.1) is 12.3 Å². The lowest BCUT2D eigenvalue weighted by atomic mass is 10.1. The van der Waals surface area contributed by atoms with Gasteiger partial charge in [-0.3, -0.25) is 4.79 Å². The molecule has 1 aromatic rings. The summed E-state index contributed by atoms with van der Waals surface area (Å²) in [7, 11) is 0.